The third kappa shape index (κ3) is 2.84. The summed E-state index contributed by atoms with van der Waals surface area (Å²) in [6.45, 7) is 2.37. The first kappa shape index (κ1) is 15.4. The number of nitrogens with zero attached hydrogens (tertiary/aromatic N) is 4. The number of carbonyl (C=O) groups excluding carboxylic acids is 1. The number of para-hydroxylation sites is 1. The summed E-state index contributed by atoms with van der Waals surface area (Å²) < 4.78 is 0. The van der Waals surface area contributed by atoms with Crippen LogP contribution in [0.4, 0.5) is 11.5 Å². The Balaban J connectivity index is 1.50. The Labute approximate surface area is 146 Å². The summed E-state index contributed by atoms with van der Waals surface area (Å²) in [7, 11) is 0. The summed E-state index contributed by atoms with van der Waals surface area (Å²) in [5, 5.41) is 8.44. The number of anilines is 2. The number of aromatic nitrogens is 2. The highest BCUT2D eigenvalue weighted by atomic mass is 35.5. The summed E-state index contributed by atoms with van der Waals surface area (Å²) in [5.41, 5.74) is 2.34. The summed E-state index contributed by atoms with van der Waals surface area (Å²) in [6, 6.07) is 11.8. The number of fused-ring (bicyclic) bond motifs is 1. The van der Waals surface area contributed by atoms with Crippen molar-refractivity contribution >= 4 is 29.0 Å². The van der Waals surface area contributed by atoms with Gasteiger partial charge in [-0.15, -0.1) is 10.2 Å². The van der Waals surface area contributed by atoms with Gasteiger partial charge in [0.05, 0.1) is 5.92 Å². The van der Waals surface area contributed by atoms with Gasteiger partial charge in [-0.1, -0.05) is 29.8 Å². The van der Waals surface area contributed by atoms with Crippen LogP contribution in [0.15, 0.2) is 36.4 Å². The molecule has 6 heteroatoms. The van der Waals surface area contributed by atoms with Crippen molar-refractivity contribution in [2.45, 2.75) is 19.3 Å². The number of benzene rings is 1. The van der Waals surface area contributed by atoms with E-state index in [1.165, 1.54) is 5.56 Å². The van der Waals surface area contributed by atoms with Crippen molar-refractivity contribution in [3.63, 3.8) is 0 Å². The minimum absolute atomic E-state index is 0.00221. The van der Waals surface area contributed by atoms with Crippen LogP contribution in [0.25, 0.3) is 0 Å². The van der Waals surface area contributed by atoms with Gasteiger partial charge in [-0.3, -0.25) is 4.79 Å². The van der Waals surface area contributed by atoms with Crippen LogP contribution in [0.1, 0.15) is 18.4 Å². The van der Waals surface area contributed by atoms with Gasteiger partial charge in [-0.25, -0.2) is 0 Å². The molecule has 1 fully saturated rings. The van der Waals surface area contributed by atoms with Crippen molar-refractivity contribution in [1.82, 2.24) is 10.2 Å². The Hall–Kier alpha value is -2.14. The van der Waals surface area contributed by atoms with Crippen LogP contribution < -0.4 is 9.80 Å². The van der Waals surface area contributed by atoms with Gasteiger partial charge in [-0.2, -0.15) is 0 Å². The largest absolute Gasteiger partial charge is 0.354 e. The number of hydrogen-bond acceptors (Lipinski definition) is 4. The molecule has 2 aliphatic heterocycles. The molecule has 3 heterocycles. The highest BCUT2D eigenvalue weighted by molar-refractivity contribution is 6.29. The fourth-order valence-electron chi connectivity index (χ4n) is 3.65. The predicted octanol–water partition coefficient (Wildman–Crippen LogP) is 2.94. The summed E-state index contributed by atoms with van der Waals surface area (Å²) >= 11 is 5.81. The van der Waals surface area contributed by atoms with E-state index < -0.39 is 0 Å². The lowest BCUT2D eigenvalue weighted by molar-refractivity contribution is -0.122. The van der Waals surface area contributed by atoms with Crippen LogP contribution in [-0.2, 0) is 11.2 Å². The van der Waals surface area contributed by atoms with E-state index in [-0.39, 0.29) is 11.8 Å². The number of halogens is 1. The van der Waals surface area contributed by atoms with Crippen LogP contribution in [-0.4, -0.2) is 35.7 Å². The van der Waals surface area contributed by atoms with Crippen LogP contribution in [0.3, 0.4) is 0 Å². The van der Waals surface area contributed by atoms with Gasteiger partial charge in [0.15, 0.2) is 11.0 Å². The van der Waals surface area contributed by atoms with Crippen LogP contribution in [0.2, 0.25) is 5.15 Å². The molecule has 0 bridgehead atoms. The minimum atomic E-state index is 0.00221. The molecule has 0 spiro atoms. The molecular weight excluding hydrogens is 324 g/mol. The highest BCUT2D eigenvalue weighted by Gasteiger charge is 2.33. The van der Waals surface area contributed by atoms with Gasteiger partial charge in [-0.05, 0) is 43.0 Å². The molecule has 0 aliphatic carbocycles. The van der Waals surface area contributed by atoms with Gasteiger partial charge < -0.3 is 9.80 Å². The quantitative estimate of drug-likeness (QED) is 0.842. The second-order valence-electron chi connectivity index (χ2n) is 6.37. The molecule has 1 aromatic heterocycles. The van der Waals surface area contributed by atoms with Crippen LogP contribution in [0.5, 0.6) is 0 Å². The normalized spacial score (nSPS) is 20.1. The fraction of sp³-hybridized carbons (Fsp3) is 0.389. The molecule has 5 nitrogen and oxygen atoms in total. The molecule has 4 rings (SSSR count). The zero-order chi connectivity index (χ0) is 16.5. The van der Waals surface area contributed by atoms with Crippen molar-refractivity contribution in [1.29, 1.82) is 0 Å². The number of hydrogen-bond donors (Lipinski definition) is 0. The Kier molecular flexibility index (Phi) is 4.10. The molecule has 0 unspecified atom stereocenters. The molecule has 2 aromatic rings. The number of rotatable bonds is 2. The lowest BCUT2D eigenvalue weighted by Gasteiger charge is -2.34. The maximum absolute atomic E-state index is 13.0. The molecule has 24 heavy (non-hydrogen) atoms. The monoisotopic (exact) mass is 342 g/mol. The van der Waals surface area contributed by atoms with Gasteiger partial charge in [0.25, 0.3) is 0 Å². The van der Waals surface area contributed by atoms with Gasteiger partial charge in [0, 0.05) is 25.3 Å². The average molecular weight is 343 g/mol. The standard InChI is InChI=1S/C18H19ClN4O/c19-16-7-8-17(21-20-16)22-10-3-5-14(12-22)18(24)23-11-9-13-4-1-2-6-15(13)23/h1-2,4,6-8,14H,3,5,9-12H2/t14-/m0/s1. The Morgan fingerprint density at radius 1 is 1.12 bits per heavy atom. The topological polar surface area (TPSA) is 49.3 Å². The highest BCUT2D eigenvalue weighted by Crippen LogP contribution is 2.31. The first-order valence-corrected chi connectivity index (χ1v) is 8.73. The number of carbonyl (C=O) groups is 1. The van der Waals surface area contributed by atoms with E-state index in [2.05, 4.69) is 21.2 Å². The van der Waals surface area contributed by atoms with E-state index in [1.54, 1.807) is 6.07 Å². The van der Waals surface area contributed by atoms with Crippen molar-refractivity contribution in [2.24, 2.45) is 5.92 Å². The SMILES string of the molecule is O=C([C@H]1CCCN(c2ccc(Cl)nn2)C1)N1CCc2ccccc21. The van der Waals surface area contributed by atoms with E-state index in [9.17, 15) is 4.79 Å². The van der Waals surface area contributed by atoms with E-state index in [1.807, 2.05) is 29.2 Å². The number of amides is 1. The number of piperidine rings is 1. The molecular formula is C18H19ClN4O. The van der Waals surface area contributed by atoms with Gasteiger partial charge in [0.2, 0.25) is 5.91 Å². The first-order valence-electron chi connectivity index (χ1n) is 8.36. The second kappa shape index (κ2) is 6.40. The van der Waals surface area contributed by atoms with Gasteiger partial charge in [0.1, 0.15) is 0 Å². The zero-order valence-corrected chi connectivity index (χ0v) is 14.1. The van der Waals surface area contributed by atoms with Crippen LogP contribution >= 0.6 is 11.6 Å². The third-order valence-electron chi connectivity index (χ3n) is 4.87. The molecule has 1 atom stereocenters. The lowest BCUT2D eigenvalue weighted by atomic mass is 9.96. The Morgan fingerprint density at radius 2 is 2.00 bits per heavy atom. The molecule has 0 radical (unpaired) electrons. The first-order chi connectivity index (χ1) is 11.7. The van der Waals surface area contributed by atoms with Crippen molar-refractivity contribution in [3.8, 4) is 0 Å². The van der Waals surface area contributed by atoms with Crippen molar-refractivity contribution in [2.75, 3.05) is 29.4 Å². The van der Waals surface area contributed by atoms with E-state index in [0.29, 0.717) is 11.7 Å². The van der Waals surface area contributed by atoms with Crippen molar-refractivity contribution < 1.29 is 4.79 Å². The van der Waals surface area contributed by atoms with Crippen LogP contribution in [0, 0.1) is 5.92 Å². The van der Waals surface area contributed by atoms with Crippen molar-refractivity contribution in [3.05, 3.63) is 47.1 Å². The smallest absolute Gasteiger partial charge is 0.231 e. The Morgan fingerprint density at radius 3 is 2.83 bits per heavy atom. The molecule has 1 saturated heterocycles. The maximum atomic E-state index is 13.0. The third-order valence-corrected chi connectivity index (χ3v) is 5.07. The molecule has 0 N–H and O–H groups in total. The Bertz CT molecular complexity index is 749. The van der Waals surface area contributed by atoms with E-state index in [4.69, 9.17) is 11.6 Å². The molecule has 1 amide bonds. The summed E-state index contributed by atoms with van der Waals surface area (Å²) in [6.07, 6.45) is 2.85. The average Bonchev–Trinajstić information content (AvgIpc) is 3.06. The summed E-state index contributed by atoms with van der Waals surface area (Å²) in [4.78, 5) is 17.1. The lowest BCUT2D eigenvalue weighted by Crippen LogP contribution is -2.44. The zero-order valence-electron chi connectivity index (χ0n) is 13.4. The van der Waals surface area contributed by atoms with E-state index in [0.717, 1.165) is 43.9 Å². The molecule has 124 valence electrons. The second-order valence-corrected chi connectivity index (χ2v) is 6.76. The molecule has 2 aliphatic rings. The van der Waals surface area contributed by atoms with E-state index >= 15 is 0 Å². The predicted molar refractivity (Wildman–Crippen MR) is 94.5 cm³/mol. The minimum Gasteiger partial charge on any atom is -0.354 e. The molecule has 1 aromatic carbocycles. The van der Waals surface area contributed by atoms with Gasteiger partial charge >= 0.3 is 0 Å². The fourth-order valence-corrected chi connectivity index (χ4v) is 3.75. The summed E-state index contributed by atoms with van der Waals surface area (Å²) in [5.74, 6) is 1.02. The molecule has 0 saturated carbocycles. The maximum Gasteiger partial charge on any atom is 0.231 e.